The molecule has 0 amide bonds. The van der Waals surface area contributed by atoms with Gasteiger partial charge in [0.25, 0.3) is 0 Å². The van der Waals surface area contributed by atoms with Gasteiger partial charge in [-0.3, -0.25) is 0 Å². The van der Waals surface area contributed by atoms with Crippen molar-refractivity contribution in [1.29, 1.82) is 0 Å². The van der Waals surface area contributed by atoms with E-state index >= 15 is 0 Å². The minimum atomic E-state index is 0.424. The number of hydrogen-bond donors (Lipinski definition) is 1. The second-order valence-electron chi connectivity index (χ2n) is 6.11. The molecular formula is C18H25N3. The molecule has 2 aromatic rings. The number of nitrogens with zero attached hydrogens (tertiary/aromatic N) is 2. The summed E-state index contributed by atoms with van der Waals surface area (Å²) in [6, 6.07) is 6.82. The lowest BCUT2D eigenvalue weighted by Gasteiger charge is -2.29. The van der Waals surface area contributed by atoms with Crippen LogP contribution >= 0.6 is 0 Å². The van der Waals surface area contributed by atoms with Crippen molar-refractivity contribution < 1.29 is 0 Å². The Balaban J connectivity index is 2.02. The lowest BCUT2D eigenvalue weighted by Crippen LogP contribution is -2.19. The average Bonchev–Trinajstić information content (AvgIpc) is 2.97. The third-order valence-corrected chi connectivity index (χ3v) is 4.89. The molecule has 0 aliphatic heterocycles. The van der Waals surface area contributed by atoms with E-state index in [1.54, 1.807) is 0 Å². The molecule has 3 heteroatoms. The normalized spacial score (nSPS) is 18.0. The Hall–Kier alpha value is -1.77. The molecule has 0 saturated heterocycles. The van der Waals surface area contributed by atoms with Crippen molar-refractivity contribution in [2.24, 2.45) is 0 Å². The average molecular weight is 283 g/mol. The third kappa shape index (κ3) is 2.57. The van der Waals surface area contributed by atoms with Gasteiger partial charge in [-0.1, -0.05) is 19.9 Å². The van der Waals surface area contributed by atoms with Crippen LogP contribution in [0.2, 0.25) is 0 Å². The van der Waals surface area contributed by atoms with Crippen LogP contribution in [0.5, 0.6) is 0 Å². The number of aryl methyl sites for hydroxylation is 1. The molecule has 1 aromatic carbocycles. The number of rotatable bonds is 4. The predicted octanol–water partition coefficient (Wildman–Crippen LogP) is 4.29. The van der Waals surface area contributed by atoms with Crippen molar-refractivity contribution in [3.05, 3.63) is 47.5 Å². The summed E-state index contributed by atoms with van der Waals surface area (Å²) in [4.78, 5) is 4.44. The number of nitrogen functional groups attached to an aromatic ring is 1. The summed E-state index contributed by atoms with van der Waals surface area (Å²) in [5.74, 6) is 0.603. The molecular weight excluding hydrogens is 258 g/mol. The number of hydrogen-bond acceptors (Lipinski definition) is 2. The van der Waals surface area contributed by atoms with Gasteiger partial charge in [0.05, 0.1) is 12.4 Å². The van der Waals surface area contributed by atoms with Crippen molar-refractivity contribution in [1.82, 2.24) is 9.55 Å². The molecule has 1 aliphatic rings. The van der Waals surface area contributed by atoms with Crippen LogP contribution in [-0.4, -0.2) is 9.55 Å². The van der Waals surface area contributed by atoms with Crippen LogP contribution in [0.3, 0.4) is 0 Å². The highest BCUT2D eigenvalue weighted by Crippen LogP contribution is 2.36. The van der Waals surface area contributed by atoms with E-state index in [2.05, 4.69) is 41.7 Å². The smallest absolute Gasteiger partial charge is 0.0954 e. The summed E-state index contributed by atoms with van der Waals surface area (Å²) in [5, 5.41) is 0. The van der Waals surface area contributed by atoms with E-state index in [1.807, 2.05) is 12.4 Å². The van der Waals surface area contributed by atoms with Crippen LogP contribution in [0.1, 0.15) is 68.3 Å². The zero-order valence-corrected chi connectivity index (χ0v) is 13.0. The molecule has 0 spiro atoms. The molecule has 1 heterocycles. The molecule has 0 bridgehead atoms. The molecule has 1 aromatic heterocycles. The number of imidazole rings is 1. The van der Waals surface area contributed by atoms with Gasteiger partial charge in [0.1, 0.15) is 0 Å². The predicted molar refractivity (Wildman–Crippen MR) is 87.5 cm³/mol. The van der Waals surface area contributed by atoms with Crippen LogP contribution in [0, 0.1) is 0 Å². The summed E-state index contributed by atoms with van der Waals surface area (Å²) >= 11 is 0. The summed E-state index contributed by atoms with van der Waals surface area (Å²) in [5.41, 5.74) is 11.1. The van der Waals surface area contributed by atoms with Gasteiger partial charge in [-0.15, -0.1) is 0 Å². The first-order valence-electron chi connectivity index (χ1n) is 8.14. The number of benzene rings is 1. The Morgan fingerprint density at radius 2 is 2.14 bits per heavy atom. The van der Waals surface area contributed by atoms with Crippen molar-refractivity contribution in [2.45, 2.75) is 57.9 Å². The van der Waals surface area contributed by atoms with Crippen LogP contribution in [0.4, 0.5) is 5.69 Å². The number of aromatic nitrogens is 2. The van der Waals surface area contributed by atoms with E-state index in [9.17, 15) is 0 Å². The first kappa shape index (κ1) is 14.2. The van der Waals surface area contributed by atoms with Gasteiger partial charge in [-0.05, 0) is 55.4 Å². The molecule has 3 rings (SSSR count). The minimum Gasteiger partial charge on any atom is -0.399 e. The summed E-state index contributed by atoms with van der Waals surface area (Å²) in [6.45, 7) is 4.53. The number of nitrogens with two attached hydrogens (primary N) is 1. The standard InChI is InChI=1S/C18H25N3/c1-3-13(4-2)18-11-20-12-21(18)17-7-5-6-14-10-15(19)8-9-16(14)17/h8-13,17H,3-7,19H2,1-2H3. The molecule has 0 fully saturated rings. The van der Waals surface area contributed by atoms with E-state index in [0.717, 1.165) is 12.1 Å². The van der Waals surface area contributed by atoms with Crippen molar-refractivity contribution in [2.75, 3.05) is 5.73 Å². The molecule has 1 aliphatic carbocycles. The molecule has 1 unspecified atom stereocenters. The van der Waals surface area contributed by atoms with Crippen LogP contribution < -0.4 is 5.73 Å². The quantitative estimate of drug-likeness (QED) is 0.850. The fraction of sp³-hybridized carbons (Fsp3) is 0.500. The fourth-order valence-corrected chi connectivity index (χ4v) is 3.70. The lowest BCUT2D eigenvalue weighted by molar-refractivity contribution is 0.457. The van der Waals surface area contributed by atoms with E-state index in [0.29, 0.717) is 12.0 Å². The highest BCUT2D eigenvalue weighted by Gasteiger charge is 2.25. The number of anilines is 1. The second kappa shape index (κ2) is 5.92. The Labute approximate surface area is 127 Å². The van der Waals surface area contributed by atoms with Gasteiger partial charge < -0.3 is 10.3 Å². The van der Waals surface area contributed by atoms with Crippen LogP contribution in [0.25, 0.3) is 0 Å². The van der Waals surface area contributed by atoms with Gasteiger partial charge in [-0.25, -0.2) is 4.98 Å². The third-order valence-electron chi connectivity index (χ3n) is 4.89. The van der Waals surface area contributed by atoms with Crippen molar-refractivity contribution >= 4 is 5.69 Å². The summed E-state index contributed by atoms with van der Waals surface area (Å²) < 4.78 is 2.41. The van der Waals surface area contributed by atoms with Gasteiger partial charge in [0.2, 0.25) is 0 Å². The molecule has 2 N–H and O–H groups in total. The van der Waals surface area contributed by atoms with E-state index in [4.69, 9.17) is 5.73 Å². The lowest BCUT2D eigenvalue weighted by atomic mass is 9.86. The molecule has 0 saturated carbocycles. The van der Waals surface area contributed by atoms with Crippen LogP contribution in [0.15, 0.2) is 30.7 Å². The Morgan fingerprint density at radius 1 is 1.33 bits per heavy atom. The van der Waals surface area contributed by atoms with Crippen molar-refractivity contribution in [3.63, 3.8) is 0 Å². The highest BCUT2D eigenvalue weighted by atomic mass is 15.1. The highest BCUT2D eigenvalue weighted by molar-refractivity contribution is 5.47. The Bertz CT molecular complexity index is 611. The van der Waals surface area contributed by atoms with Gasteiger partial charge in [-0.2, -0.15) is 0 Å². The van der Waals surface area contributed by atoms with E-state index in [1.165, 1.54) is 42.5 Å². The Morgan fingerprint density at radius 3 is 2.90 bits per heavy atom. The molecule has 0 radical (unpaired) electrons. The summed E-state index contributed by atoms with van der Waals surface area (Å²) in [6.07, 6.45) is 9.98. The van der Waals surface area contributed by atoms with Gasteiger partial charge in [0, 0.05) is 23.5 Å². The summed E-state index contributed by atoms with van der Waals surface area (Å²) in [7, 11) is 0. The van der Waals surface area contributed by atoms with Gasteiger partial charge in [0.15, 0.2) is 0 Å². The molecule has 21 heavy (non-hydrogen) atoms. The monoisotopic (exact) mass is 283 g/mol. The first-order chi connectivity index (χ1) is 10.2. The minimum absolute atomic E-state index is 0.424. The maximum Gasteiger partial charge on any atom is 0.0954 e. The maximum absolute atomic E-state index is 5.95. The molecule has 3 nitrogen and oxygen atoms in total. The SMILES string of the molecule is CCC(CC)c1cncn1C1CCCc2cc(N)ccc21. The largest absolute Gasteiger partial charge is 0.399 e. The van der Waals surface area contributed by atoms with Gasteiger partial charge >= 0.3 is 0 Å². The molecule has 1 atom stereocenters. The number of fused-ring (bicyclic) bond motifs is 1. The molecule has 112 valence electrons. The van der Waals surface area contributed by atoms with Crippen LogP contribution in [-0.2, 0) is 6.42 Å². The van der Waals surface area contributed by atoms with E-state index in [-0.39, 0.29) is 0 Å². The maximum atomic E-state index is 5.95. The zero-order chi connectivity index (χ0) is 14.8. The first-order valence-corrected chi connectivity index (χ1v) is 8.14. The van der Waals surface area contributed by atoms with Crippen molar-refractivity contribution in [3.8, 4) is 0 Å². The topological polar surface area (TPSA) is 43.8 Å². The van der Waals surface area contributed by atoms with E-state index < -0.39 is 0 Å². The zero-order valence-electron chi connectivity index (χ0n) is 13.0. The fourth-order valence-electron chi connectivity index (χ4n) is 3.70. The Kier molecular flexibility index (Phi) is 4.00. The second-order valence-corrected chi connectivity index (χ2v) is 6.11.